The van der Waals surface area contributed by atoms with Crippen LogP contribution in [0.5, 0.6) is 0 Å². The number of hydrogen-bond acceptors (Lipinski definition) is 5. The number of nitrogens with zero attached hydrogens (tertiary/aromatic N) is 1. The number of anilines is 1. The minimum atomic E-state index is -0.296. The quantitative estimate of drug-likeness (QED) is 0.313. The molecule has 7 rings (SSSR count). The zero-order valence-corrected chi connectivity index (χ0v) is 20.3. The first-order valence-corrected chi connectivity index (χ1v) is 12.5. The molecule has 0 spiro atoms. The van der Waals surface area contributed by atoms with E-state index in [9.17, 15) is 9.59 Å². The Bertz CT molecular complexity index is 1760. The highest BCUT2D eigenvalue weighted by Gasteiger charge is 2.43. The fraction of sp³-hybridized carbons (Fsp3) is 0.0938. The van der Waals surface area contributed by atoms with E-state index in [1.807, 2.05) is 91.0 Å². The molecule has 6 nitrogen and oxygen atoms in total. The second-order valence-electron chi connectivity index (χ2n) is 9.67. The van der Waals surface area contributed by atoms with Gasteiger partial charge in [0, 0.05) is 34.8 Å². The number of hydrogen-bond donors (Lipinski definition) is 2. The van der Waals surface area contributed by atoms with Gasteiger partial charge in [0.1, 0.15) is 18.0 Å². The van der Waals surface area contributed by atoms with E-state index in [1.54, 1.807) is 6.20 Å². The molecule has 4 aromatic carbocycles. The summed E-state index contributed by atoms with van der Waals surface area (Å²) in [6.45, 7) is 0.368. The second kappa shape index (κ2) is 8.64. The minimum absolute atomic E-state index is 0.0181. The zero-order chi connectivity index (χ0) is 25.8. The maximum atomic E-state index is 13.1. The number of ketones is 1. The number of pyridine rings is 1. The summed E-state index contributed by atoms with van der Waals surface area (Å²) in [5.74, 6) is 0.289. The van der Waals surface area contributed by atoms with Gasteiger partial charge in [-0.15, -0.1) is 0 Å². The minimum Gasteiger partial charge on any atom is -0.383 e. The Kier molecular flexibility index (Phi) is 5.09. The molecule has 2 unspecified atom stereocenters. The lowest BCUT2D eigenvalue weighted by atomic mass is 9.83. The average molecular weight is 498 g/mol. The molecule has 2 bridgehead atoms. The molecule has 0 fully saturated rings. The van der Waals surface area contributed by atoms with Crippen molar-refractivity contribution in [3.05, 3.63) is 142 Å². The van der Waals surface area contributed by atoms with Crippen molar-refractivity contribution >= 4 is 28.3 Å². The zero-order valence-electron chi connectivity index (χ0n) is 20.3. The molecule has 2 aliphatic heterocycles. The van der Waals surface area contributed by atoms with E-state index in [-0.39, 0.29) is 23.9 Å². The number of fused-ring (bicyclic) bond motifs is 9. The van der Waals surface area contributed by atoms with Crippen LogP contribution in [0.1, 0.15) is 66.3 Å². The van der Waals surface area contributed by atoms with Crippen LogP contribution < -0.4 is 11.1 Å². The molecule has 3 N–H and O–H groups in total. The Hall–Kier alpha value is -4.81. The molecule has 1 aromatic heterocycles. The Morgan fingerprint density at radius 3 is 2.24 bits per heavy atom. The first-order chi connectivity index (χ1) is 18.6. The molecule has 6 heteroatoms. The molecule has 1 amide bonds. The maximum absolute atomic E-state index is 13.1. The first-order valence-electron chi connectivity index (χ1n) is 12.5. The Morgan fingerprint density at radius 2 is 1.45 bits per heavy atom. The van der Waals surface area contributed by atoms with Gasteiger partial charge in [0.15, 0.2) is 5.78 Å². The van der Waals surface area contributed by atoms with Crippen LogP contribution in [0.15, 0.2) is 97.2 Å². The molecule has 2 atom stereocenters. The molecule has 3 heterocycles. The van der Waals surface area contributed by atoms with Crippen LogP contribution >= 0.6 is 0 Å². The van der Waals surface area contributed by atoms with E-state index in [0.717, 1.165) is 38.6 Å². The van der Waals surface area contributed by atoms with Crippen molar-refractivity contribution in [1.82, 2.24) is 10.3 Å². The van der Waals surface area contributed by atoms with Crippen LogP contribution in [-0.4, -0.2) is 16.7 Å². The van der Waals surface area contributed by atoms with Crippen molar-refractivity contribution in [3.63, 3.8) is 0 Å². The fourth-order valence-corrected chi connectivity index (χ4v) is 5.61. The molecule has 2 aliphatic rings. The molecular weight excluding hydrogens is 474 g/mol. The van der Waals surface area contributed by atoms with Gasteiger partial charge in [-0.3, -0.25) is 9.59 Å². The van der Waals surface area contributed by atoms with Crippen molar-refractivity contribution < 1.29 is 14.3 Å². The summed E-state index contributed by atoms with van der Waals surface area (Å²) < 4.78 is 6.32. The van der Waals surface area contributed by atoms with Gasteiger partial charge in [0.2, 0.25) is 0 Å². The number of nitrogen functional groups attached to an aromatic ring is 1. The first kappa shape index (κ1) is 22.4. The number of nitrogens with one attached hydrogen (secondary N) is 1. The number of amides is 1. The summed E-state index contributed by atoms with van der Waals surface area (Å²) in [4.78, 5) is 30.3. The largest absolute Gasteiger partial charge is 0.383 e. The maximum Gasteiger partial charge on any atom is 0.251 e. The van der Waals surface area contributed by atoms with Crippen LogP contribution in [0.2, 0.25) is 0 Å². The Morgan fingerprint density at radius 1 is 0.737 bits per heavy atom. The lowest BCUT2D eigenvalue weighted by Gasteiger charge is -2.17. The Labute approximate surface area is 219 Å². The lowest BCUT2D eigenvalue weighted by Crippen LogP contribution is -2.23. The highest BCUT2D eigenvalue weighted by molar-refractivity contribution is 6.09. The van der Waals surface area contributed by atoms with Gasteiger partial charge in [0.25, 0.3) is 5.91 Å². The third kappa shape index (κ3) is 3.49. The summed E-state index contributed by atoms with van der Waals surface area (Å²) >= 11 is 0. The van der Waals surface area contributed by atoms with Crippen molar-refractivity contribution in [2.24, 2.45) is 0 Å². The van der Waals surface area contributed by atoms with Gasteiger partial charge in [0.05, 0.1) is 0 Å². The Balaban J connectivity index is 1.14. The number of ether oxygens (including phenoxy) is 1. The van der Waals surface area contributed by atoms with Crippen LogP contribution in [0.25, 0.3) is 10.8 Å². The van der Waals surface area contributed by atoms with E-state index in [1.165, 1.54) is 0 Å². The molecule has 0 aliphatic carbocycles. The van der Waals surface area contributed by atoms with Crippen molar-refractivity contribution in [2.75, 3.05) is 5.73 Å². The van der Waals surface area contributed by atoms with E-state index in [0.29, 0.717) is 29.1 Å². The van der Waals surface area contributed by atoms with E-state index < -0.39 is 0 Å². The molecule has 184 valence electrons. The van der Waals surface area contributed by atoms with Crippen molar-refractivity contribution in [2.45, 2.75) is 18.8 Å². The molecule has 0 saturated carbocycles. The van der Waals surface area contributed by atoms with E-state index >= 15 is 0 Å². The molecule has 38 heavy (non-hydrogen) atoms. The average Bonchev–Trinajstić information content (AvgIpc) is 3.53. The summed E-state index contributed by atoms with van der Waals surface area (Å²) in [5.41, 5.74) is 12.9. The highest BCUT2D eigenvalue weighted by atomic mass is 16.5. The number of aromatic nitrogens is 1. The molecule has 0 radical (unpaired) electrons. The van der Waals surface area contributed by atoms with Gasteiger partial charge in [-0.25, -0.2) is 4.98 Å². The SMILES string of the molecule is Nc1nccc2c(CNC(=O)c3ccc4c(c3)C3OC4c4ccc(C(=O)c5ccccc5)cc43)cccc12. The van der Waals surface area contributed by atoms with E-state index in [2.05, 4.69) is 10.3 Å². The predicted octanol–water partition coefficient (Wildman–Crippen LogP) is 5.50. The van der Waals surface area contributed by atoms with Crippen LogP contribution in [0.3, 0.4) is 0 Å². The third-order valence-corrected chi connectivity index (χ3v) is 7.50. The van der Waals surface area contributed by atoms with Gasteiger partial charge in [-0.2, -0.15) is 0 Å². The highest BCUT2D eigenvalue weighted by Crippen LogP contribution is 2.54. The summed E-state index contributed by atoms with van der Waals surface area (Å²) in [6.07, 6.45) is 1.20. The summed E-state index contributed by atoms with van der Waals surface area (Å²) in [7, 11) is 0. The lowest BCUT2D eigenvalue weighted by molar-refractivity contribution is 0.0857. The van der Waals surface area contributed by atoms with Gasteiger partial charge in [-0.1, -0.05) is 66.7 Å². The standard InChI is InChI=1S/C32H23N3O3/c33-31-25-8-4-7-21(22(25)13-14-34-31)17-35-32(37)20-10-12-24-27(16-20)30-26-15-19(9-11-23(26)29(24)38-30)28(36)18-5-2-1-3-6-18/h1-16,29-30H,17H2,(H2,33,34)(H,35,37). The predicted molar refractivity (Wildman–Crippen MR) is 145 cm³/mol. The number of carbonyl (C=O) groups excluding carboxylic acids is 2. The van der Waals surface area contributed by atoms with Crippen molar-refractivity contribution in [3.8, 4) is 0 Å². The van der Waals surface area contributed by atoms with Crippen LogP contribution in [0.4, 0.5) is 5.82 Å². The number of rotatable bonds is 5. The van der Waals surface area contributed by atoms with Crippen LogP contribution in [-0.2, 0) is 11.3 Å². The fourth-order valence-electron chi connectivity index (χ4n) is 5.61. The number of benzene rings is 4. The van der Waals surface area contributed by atoms with Gasteiger partial charge in [-0.05, 0) is 57.5 Å². The molecule has 5 aromatic rings. The summed E-state index contributed by atoms with van der Waals surface area (Å²) in [6, 6.07) is 28.5. The van der Waals surface area contributed by atoms with Gasteiger partial charge < -0.3 is 15.8 Å². The van der Waals surface area contributed by atoms with Crippen molar-refractivity contribution in [1.29, 1.82) is 0 Å². The number of nitrogens with two attached hydrogens (primary N) is 1. The second-order valence-corrected chi connectivity index (χ2v) is 9.67. The third-order valence-electron chi connectivity index (χ3n) is 7.50. The van der Waals surface area contributed by atoms with Crippen LogP contribution in [0, 0.1) is 0 Å². The summed E-state index contributed by atoms with van der Waals surface area (Å²) in [5, 5.41) is 4.88. The molecular formula is C32H23N3O3. The van der Waals surface area contributed by atoms with E-state index in [4.69, 9.17) is 10.5 Å². The molecule has 0 saturated heterocycles. The number of carbonyl (C=O) groups is 2. The normalized spacial score (nSPS) is 16.7. The monoisotopic (exact) mass is 497 g/mol. The van der Waals surface area contributed by atoms with Gasteiger partial charge >= 0.3 is 0 Å². The topological polar surface area (TPSA) is 94.3 Å². The smallest absolute Gasteiger partial charge is 0.251 e.